The first-order valence-corrected chi connectivity index (χ1v) is 4.52. The Hall–Kier alpha value is -0.890. The summed E-state index contributed by atoms with van der Waals surface area (Å²) in [5, 5.41) is 11.4. The molecule has 1 aliphatic rings. The van der Waals surface area contributed by atoms with Gasteiger partial charge in [0.2, 0.25) is 0 Å². The molecule has 0 spiro atoms. The summed E-state index contributed by atoms with van der Waals surface area (Å²) >= 11 is 1.75. The molecule has 0 atom stereocenters. The SMILES string of the molecule is Oc1cccc2c1C=CSC2. The Labute approximate surface area is 69.7 Å². The number of phenols is 1. The third kappa shape index (κ3) is 1.14. The van der Waals surface area contributed by atoms with E-state index in [0.717, 1.165) is 11.3 Å². The van der Waals surface area contributed by atoms with Gasteiger partial charge >= 0.3 is 0 Å². The summed E-state index contributed by atoms with van der Waals surface area (Å²) in [6, 6.07) is 5.65. The van der Waals surface area contributed by atoms with E-state index in [0.29, 0.717) is 5.75 Å². The molecule has 0 radical (unpaired) electrons. The highest BCUT2D eigenvalue weighted by Gasteiger charge is 2.06. The Kier molecular flexibility index (Phi) is 1.62. The number of benzene rings is 1. The fraction of sp³-hybridized carbons (Fsp3) is 0.111. The molecular formula is C9H8OS. The summed E-state index contributed by atoms with van der Waals surface area (Å²) < 4.78 is 0. The van der Waals surface area contributed by atoms with Crippen LogP contribution < -0.4 is 0 Å². The zero-order valence-electron chi connectivity index (χ0n) is 5.95. The molecule has 0 unspecified atom stereocenters. The first-order valence-electron chi connectivity index (χ1n) is 3.47. The van der Waals surface area contributed by atoms with Crippen molar-refractivity contribution in [2.75, 3.05) is 0 Å². The van der Waals surface area contributed by atoms with Gasteiger partial charge in [0.25, 0.3) is 0 Å². The van der Waals surface area contributed by atoms with Gasteiger partial charge in [-0.05, 0) is 23.1 Å². The van der Waals surface area contributed by atoms with Crippen molar-refractivity contribution in [1.29, 1.82) is 0 Å². The maximum atomic E-state index is 9.40. The average molecular weight is 164 g/mol. The molecule has 1 nitrogen and oxygen atoms in total. The van der Waals surface area contributed by atoms with Gasteiger partial charge in [0.15, 0.2) is 0 Å². The van der Waals surface area contributed by atoms with Crippen molar-refractivity contribution in [3.05, 3.63) is 34.7 Å². The highest BCUT2D eigenvalue weighted by atomic mass is 32.2. The third-order valence-corrected chi connectivity index (χ3v) is 2.55. The molecule has 0 saturated carbocycles. The summed E-state index contributed by atoms with van der Waals surface area (Å²) in [5.41, 5.74) is 2.20. The van der Waals surface area contributed by atoms with Crippen LogP contribution in [-0.2, 0) is 5.75 Å². The molecule has 1 heterocycles. The van der Waals surface area contributed by atoms with Crippen molar-refractivity contribution in [2.24, 2.45) is 0 Å². The van der Waals surface area contributed by atoms with Crippen LogP contribution in [0.25, 0.3) is 6.08 Å². The van der Waals surface area contributed by atoms with Crippen molar-refractivity contribution in [2.45, 2.75) is 5.75 Å². The van der Waals surface area contributed by atoms with Crippen LogP contribution in [0.4, 0.5) is 0 Å². The lowest BCUT2D eigenvalue weighted by Crippen LogP contribution is -1.89. The monoisotopic (exact) mass is 164 g/mol. The minimum Gasteiger partial charge on any atom is -0.507 e. The summed E-state index contributed by atoms with van der Waals surface area (Å²) in [6.07, 6.45) is 1.96. The van der Waals surface area contributed by atoms with Gasteiger partial charge in [-0.3, -0.25) is 0 Å². The molecule has 0 saturated heterocycles. The Balaban J connectivity index is 2.60. The Morgan fingerprint density at radius 2 is 2.27 bits per heavy atom. The second-order valence-corrected chi connectivity index (χ2v) is 3.36. The smallest absolute Gasteiger partial charge is 0.123 e. The second kappa shape index (κ2) is 2.62. The standard InChI is InChI=1S/C9H8OS/c10-9-3-1-2-7-6-11-5-4-8(7)9/h1-5,10H,6H2. The zero-order valence-corrected chi connectivity index (χ0v) is 6.77. The number of rotatable bonds is 0. The van der Waals surface area contributed by atoms with Gasteiger partial charge in [0, 0.05) is 11.3 Å². The van der Waals surface area contributed by atoms with Gasteiger partial charge in [-0.2, -0.15) is 0 Å². The number of phenolic OH excluding ortho intramolecular Hbond substituents is 1. The van der Waals surface area contributed by atoms with Crippen LogP contribution in [-0.4, -0.2) is 5.11 Å². The summed E-state index contributed by atoms with van der Waals surface area (Å²) in [5.74, 6) is 1.36. The quantitative estimate of drug-likeness (QED) is 0.636. The number of thioether (sulfide) groups is 1. The lowest BCUT2D eigenvalue weighted by molar-refractivity contribution is 0.473. The molecule has 1 aliphatic heterocycles. The number of hydrogen-bond donors (Lipinski definition) is 1. The molecule has 1 N–H and O–H groups in total. The predicted octanol–water partition coefficient (Wildman–Crippen LogP) is 2.61. The third-order valence-electron chi connectivity index (χ3n) is 1.74. The number of hydrogen-bond acceptors (Lipinski definition) is 2. The molecule has 1 aromatic carbocycles. The van der Waals surface area contributed by atoms with E-state index in [2.05, 4.69) is 0 Å². The molecule has 0 fully saturated rings. The minimum atomic E-state index is 0.388. The predicted molar refractivity (Wildman–Crippen MR) is 48.4 cm³/mol. The average Bonchev–Trinajstić information content (AvgIpc) is 2.06. The van der Waals surface area contributed by atoms with Gasteiger partial charge < -0.3 is 5.11 Å². The van der Waals surface area contributed by atoms with Gasteiger partial charge in [-0.1, -0.05) is 12.1 Å². The zero-order chi connectivity index (χ0) is 7.68. The lowest BCUT2D eigenvalue weighted by atomic mass is 10.1. The van der Waals surface area contributed by atoms with Crippen molar-refractivity contribution < 1.29 is 5.11 Å². The highest BCUT2D eigenvalue weighted by Crippen LogP contribution is 2.30. The maximum absolute atomic E-state index is 9.40. The van der Waals surface area contributed by atoms with E-state index in [9.17, 15) is 5.11 Å². The Morgan fingerprint density at radius 1 is 1.36 bits per heavy atom. The van der Waals surface area contributed by atoms with E-state index >= 15 is 0 Å². The van der Waals surface area contributed by atoms with Crippen LogP contribution in [0.15, 0.2) is 23.6 Å². The van der Waals surface area contributed by atoms with Gasteiger partial charge in [-0.15, -0.1) is 11.8 Å². The number of fused-ring (bicyclic) bond motifs is 1. The number of aromatic hydroxyl groups is 1. The molecule has 2 heteroatoms. The van der Waals surface area contributed by atoms with Crippen LogP contribution in [0.2, 0.25) is 0 Å². The molecular weight excluding hydrogens is 156 g/mol. The normalized spacial score (nSPS) is 14.5. The van der Waals surface area contributed by atoms with Crippen molar-refractivity contribution in [1.82, 2.24) is 0 Å². The fourth-order valence-electron chi connectivity index (χ4n) is 1.17. The van der Waals surface area contributed by atoms with Crippen molar-refractivity contribution in [3.8, 4) is 5.75 Å². The van der Waals surface area contributed by atoms with Crippen LogP contribution >= 0.6 is 11.8 Å². The second-order valence-electron chi connectivity index (χ2n) is 2.46. The van der Waals surface area contributed by atoms with Crippen LogP contribution in [0, 0.1) is 0 Å². The lowest BCUT2D eigenvalue weighted by Gasteiger charge is -2.10. The summed E-state index contributed by atoms with van der Waals surface area (Å²) in [4.78, 5) is 0. The molecule has 2 rings (SSSR count). The van der Waals surface area contributed by atoms with E-state index in [1.165, 1.54) is 5.56 Å². The molecule has 56 valence electrons. The van der Waals surface area contributed by atoms with Crippen molar-refractivity contribution in [3.63, 3.8) is 0 Å². The Bertz CT molecular complexity index is 304. The first kappa shape index (κ1) is 6.80. The van der Waals surface area contributed by atoms with E-state index in [4.69, 9.17) is 0 Å². The largest absolute Gasteiger partial charge is 0.507 e. The van der Waals surface area contributed by atoms with Gasteiger partial charge in [0.05, 0.1) is 0 Å². The molecule has 0 aliphatic carbocycles. The Morgan fingerprint density at radius 3 is 3.09 bits per heavy atom. The minimum absolute atomic E-state index is 0.388. The highest BCUT2D eigenvalue weighted by molar-refractivity contribution is 8.01. The molecule has 0 aromatic heterocycles. The van der Waals surface area contributed by atoms with E-state index in [-0.39, 0.29) is 0 Å². The van der Waals surface area contributed by atoms with E-state index in [1.807, 2.05) is 23.6 Å². The first-order chi connectivity index (χ1) is 5.38. The van der Waals surface area contributed by atoms with Gasteiger partial charge in [0.1, 0.15) is 5.75 Å². The molecule has 0 bridgehead atoms. The molecule has 1 aromatic rings. The van der Waals surface area contributed by atoms with Crippen LogP contribution in [0.1, 0.15) is 11.1 Å². The van der Waals surface area contributed by atoms with Crippen LogP contribution in [0.5, 0.6) is 5.75 Å². The van der Waals surface area contributed by atoms with Gasteiger partial charge in [-0.25, -0.2) is 0 Å². The maximum Gasteiger partial charge on any atom is 0.123 e. The van der Waals surface area contributed by atoms with Crippen molar-refractivity contribution >= 4 is 17.8 Å². The summed E-state index contributed by atoms with van der Waals surface area (Å²) in [7, 11) is 0. The molecule has 0 amide bonds. The van der Waals surface area contributed by atoms with E-state index < -0.39 is 0 Å². The fourth-order valence-corrected chi connectivity index (χ4v) is 1.93. The van der Waals surface area contributed by atoms with E-state index in [1.54, 1.807) is 17.8 Å². The molecule has 11 heavy (non-hydrogen) atoms. The van der Waals surface area contributed by atoms with Crippen LogP contribution in [0.3, 0.4) is 0 Å². The topological polar surface area (TPSA) is 20.2 Å². The summed E-state index contributed by atoms with van der Waals surface area (Å²) in [6.45, 7) is 0.